The van der Waals surface area contributed by atoms with Gasteiger partial charge in [-0.2, -0.15) is 0 Å². The minimum atomic E-state index is -0.139. The lowest BCUT2D eigenvalue weighted by Crippen LogP contribution is -2.39. The van der Waals surface area contributed by atoms with Gasteiger partial charge >= 0.3 is 5.69 Å². The van der Waals surface area contributed by atoms with E-state index in [1.54, 1.807) is 30.0 Å². The number of imidazole rings is 1. The summed E-state index contributed by atoms with van der Waals surface area (Å²) in [5, 5.41) is 3.60. The number of rotatable bonds is 6. The van der Waals surface area contributed by atoms with E-state index in [9.17, 15) is 9.59 Å². The quantitative estimate of drug-likeness (QED) is 0.293. The van der Waals surface area contributed by atoms with E-state index in [-0.39, 0.29) is 17.6 Å². The first-order chi connectivity index (χ1) is 19.0. The van der Waals surface area contributed by atoms with Crippen molar-refractivity contribution in [2.24, 2.45) is 5.92 Å². The van der Waals surface area contributed by atoms with Crippen LogP contribution in [0.15, 0.2) is 82.7 Å². The molecule has 0 atom stereocenters. The maximum Gasteiger partial charge on any atom is 0.333 e. The summed E-state index contributed by atoms with van der Waals surface area (Å²) >= 11 is 6.04. The third-order valence-corrected chi connectivity index (χ3v) is 7.82. The molecule has 0 unspecified atom stereocenters. The van der Waals surface area contributed by atoms with Crippen LogP contribution in [0.25, 0.3) is 28.0 Å². The summed E-state index contributed by atoms with van der Waals surface area (Å²) in [5.41, 5.74) is 5.40. The van der Waals surface area contributed by atoms with E-state index in [4.69, 9.17) is 16.0 Å². The molecule has 2 aromatic carbocycles. The first-order valence-corrected chi connectivity index (χ1v) is 13.5. The summed E-state index contributed by atoms with van der Waals surface area (Å²) in [6, 6.07) is 17.4. The minimum absolute atomic E-state index is 0.0512. The number of hydrogen-bond donors (Lipinski definition) is 1. The Morgan fingerprint density at radius 2 is 1.79 bits per heavy atom. The number of nitrogens with one attached hydrogen (secondary N) is 1. The molecule has 0 aliphatic heterocycles. The Morgan fingerprint density at radius 1 is 1.05 bits per heavy atom. The molecule has 1 fully saturated rings. The van der Waals surface area contributed by atoms with Gasteiger partial charge in [0.25, 0.3) is 5.91 Å². The molecule has 0 spiro atoms. The van der Waals surface area contributed by atoms with Crippen molar-refractivity contribution in [1.29, 1.82) is 0 Å². The van der Waals surface area contributed by atoms with E-state index in [1.807, 2.05) is 53.1 Å². The molecule has 6 rings (SSSR count). The topological polar surface area (TPSA) is 95.0 Å². The molecule has 5 aromatic rings. The highest BCUT2D eigenvalue weighted by Gasteiger charge is 2.25. The molecule has 9 heteroatoms. The number of carbonyl (C=O) groups excluding carboxylic acids is 1. The van der Waals surface area contributed by atoms with Crippen molar-refractivity contribution in [2.45, 2.75) is 45.2 Å². The molecule has 1 N–H and O–H groups in total. The molecule has 1 aliphatic carbocycles. The van der Waals surface area contributed by atoms with Gasteiger partial charge in [-0.3, -0.25) is 18.9 Å². The van der Waals surface area contributed by atoms with Crippen molar-refractivity contribution in [3.8, 4) is 16.9 Å². The Bertz CT molecular complexity index is 1680. The molecule has 3 heterocycles. The molecule has 1 saturated carbocycles. The van der Waals surface area contributed by atoms with Gasteiger partial charge in [-0.05, 0) is 68.9 Å². The maximum absolute atomic E-state index is 13.7. The summed E-state index contributed by atoms with van der Waals surface area (Å²) < 4.78 is 8.76. The second-order valence-corrected chi connectivity index (χ2v) is 10.6. The lowest BCUT2D eigenvalue weighted by molar-refractivity contribution is 0.0919. The number of halogens is 1. The van der Waals surface area contributed by atoms with Gasteiger partial charge in [-0.1, -0.05) is 35.9 Å². The average molecular weight is 542 g/mol. The predicted molar refractivity (Wildman–Crippen MR) is 150 cm³/mol. The fourth-order valence-electron chi connectivity index (χ4n) is 5.52. The van der Waals surface area contributed by atoms with Gasteiger partial charge in [-0.15, -0.1) is 0 Å². The fourth-order valence-corrected chi connectivity index (χ4v) is 5.68. The number of aryl methyl sites for hydroxylation is 1. The van der Waals surface area contributed by atoms with E-state index in [0.717, 1.165) is 53.7 Å². The Morgan fingerprint density at radius 3 is 2.51 bits per heavy atom. The van der Waals surface area contributed by atoms with Gasteiger partial charge in [0.15, 0.2) is 6.39 Å². The SMILES string of the molecule is Cc1ncc(Cl)cc1C(=O)NC1CCC(Cn2c(=O)n(-c3ccc(-c4cocn4)cc3)c3ccccc32)CC1. The zero-order valence-corrected chi connectivity index (χ0v) is 22.3. The molecule has 1 aliphatic rings. The fraction of sp³-hybridized carbons (Fsp3) is 0.267. The number of hydrogen-bond acceptors (Lipinski definition) is 5. The van der Waals surface area contributed by atoms with Crippen LogP contribution in [0.2, 0.25) is 5.02 Å². The largest absolute Gasteiger partial charge is 0.451 e. The highest BCUT2D eigenvalue weighted by atomic mass is 35.5. The number of pyridine rings is 1. The number of nitrogens with zero attached hydrogens (tertiary/aromatic N) is 4. The Kier molecular flexibility index (Phi) is 6.79. The van der Waals surface area contributed by atoms with Crippen LogP contribution in [0.3, 0.4) is 0 Å². The maximum atomic E-state index is 13.7. The predicted octanol–water partition coefficient (Wildman–Crippen LogP) is 5.79. The van der Waals surface area contributed by atoms with Gasteiger partial charge in [0.2, 0.25) is 0 Å². The molecular weight excluding hydrogens is 514 g/mol. The number of para-hydroxylation sites is 2. The van der Waals surface area contributed by atoms with Crippen LogP contribution in [0.1, 0.15) is 41.7 Å². The molecule has 39 heavy (non-hydrogen) atoms. The van der Waals surface area contributed by atoms with Crippen LogP contribution in [-0.2, 0) is 6.54 Å². The van der Waals surface area contributed by atoms with Crippen molar-refractivity contribution in [2.75, 3.05) is 0 Å². The highest BCUT2D eigenvalue weighted by molar-refractivity contribution is 6.30. The number of oxazole rings is 1. The molecule has 3 aromatic heterocycles. The van der Waals surface area contributed by atoms with Crippen LogP contribution in [0, 0.1) is 12.8 Å². The first-order valence-electron chi connectivity index (χ1n) is 13.1. The molecule has 1 amide bonds. The first kappa shape index (κ1) is 25.1. The van der Waals surface area contributed by atoms with Crippen molar-refractivity contribution < 1.29 is 9.21 Å². The van der Waals surface area contributed by atoms with Crippen molar-refractivity contribution in [1.82, 2.24) is 24.4 Å². The lowest BCUT2D eigenvalue weighted by Gasteiger charge is -2.29. The van der Waals surface area contributed by atoms with Gasteiger partial charge in [0.05, 0.1) is 33.0 Å². The minimum Gasteiger partial charge on any atom is -0.451 e. The standard InChI is InChI=1S/C30H28ClN5O3/c1-19-25(14-22(31)15-32-19)29(37)34-23-10-6-20(7-11-23)16-35-27-4-2-3-5-28(27)36(30(35)38)24-12-8-21(9-13-24)26-17-39-18-33-26/h2-5,8-9,12-15,17-18,20,23H,6-7,10-11,16H2,1H3,(H,34,37). The summed E-state index contributed by atoms with van der Waals surface area (Å²) in [7, 11) is 0. The van der Waals surface area contributed by atoms with Crippen molar-refractivity contribution >= 4 is 28.5 Å². The van der Waals surface area contributed by atoms with E-state index in [0.29, 0.717) is 28.7 Å². The van der Waals surface area contributed by atoms with Crippen LogP contribution in [0.4, 0.5) is 0 Å². The highest BCUT2D eigenvalue weighted by Crippen LogP contribution is 2.28. The Hall–Kier alpha value is -4.17. The van der Waals surface area contributed by atoms with Crippen LogP contribution in [-0.4, -0.2) is 31.1 Å². The van der Waals surface area contributed by atoms with Gasteiger partial charge in [0.1, 0.15) is 12.0 Å². The molecule has 8 nitrogen and oxygen atoms in total. The summed E-state index contributed by atoms with van der Waals surface area (Å²) in [6.07, 6.45) is 8.13. The normalized spacial score (nSPS) is 17.4. The second kappa shape index (κ2) is 10.5. The third-order valence-electron chi connectivity index (χ3n) is 7.61. The van der Waals surface area contributed by atoms with Crippen molar-refractivity contribution in [3.05, 3.63) is 100 Å². The molecule has 0 saturated heterocycles. The Labute approximate surface area is 230 Å². The van der Waals surface area contributed by atoms with Gasteiger partial charge in [-0.25, -0.2) is 9.78 Å². The number of fused-ring (bicyclic) bond motifs is 1. The summed E-state index contributed by atoms with van der Waals surface area (Å²) in [5.74, 6) is 0.207. The van der Waals surface area contributed by atoms with E-state index >= 15 is 0 Å². The van der Waals surface area contributed by atoms with Crippen LogP contribution < -0.4 is 11.0 Å². The second-order valence-electron chi connectivity index (χ2n) is 10.1. The molecule has 198 valence electrons. The third kappa shape index (κ3) is 5.00. The number of amides is 1. The van der Waals surface area contributed by atoms with E-state index in [2.05, 4.69) is 15.3 Å². The zero-order chi connectivity index (χ0) is 26.9. The monoisotopic (exact) mass is 541 g/mol. The van der Waals surface area contributed by atoms with Crippen molar-refractivity contribution in [3.63, 3.8) is 0 Å². The zero-order valence-electron chi connectivity index (χ0n) is 21.5. The lowest BCUT2D eigenvalue weighted by atomic mass is 9.85. The Balaban J connectivity index is 1.18. The van der Waals surface area contributed by atoms with Crippen LogP contribution in [0.5, 0.6) is 0 Å². The van der Waals surface area contributed by atoms with E-state index < -0.39 is 0 Å². The number of benzene rings is 2. The van der Waals surface area contributed by atoms with Crippen LogP contribution >= 0.6 is 11.6 Å². The smallest absolute Gasteiger partial charge is 0.333 e. The van der Waals surface area contributed by atoms with Gasteiger partial charge in [0, 0.05) is 24.3 Å². The average Bonchev–Trinajstić information content (AvgIpc) is 3.58. The molecular formula is C30H28ClN5O3. The summed E-state index contributed by atoms with van der Waals surface area (Å²) in [4.78, 5) is 34.9. The molecule has 0 bridgehead atoms. The van der Waals surface area contributed by atoms with Gasteiger partial charge < -0.3 is 9.73 Å². The number of aromatic nitrogens is 4. The summed E-state index contributed by atoms with van der Waals surface area (Å²) in [6.45, 7) is 2.45. The molecule has 0 radical (unpaired) electrons. The van der Waals surface area contributed by atoms with E-state index in [1.165, 1.54) is 6.39 Å². The number of carbonyl (C=O) groups is 1.